The van der Waals surface area contributed by atoms with E-state index in [1.807, 2.05) is 42.6 Å². The molecule has 31 heavy (non-hydrogen) atoms. The number of carbonyl (C=O) groups excluding carboxylic acids is 1. The van der Waals surface area contributed by atoms with Crippen LogP contribution in [0.2, 0.25) is 0 Å². The Kier molecular flexibility index (Phi) is 6.01. The molecule has 0 aliphatic carbocycles. The molecule has 4 nitrogen and oxygen atoms in total. The summed E-state index contributed by atoms with van der Waals surface area (Å²) in [5.74, 6) is -0.186. The summed E-state index contributed by atoms with van der Waals surface area (Å²) in [6, 6.07) is 16.0. The molecule has 1 aromatic heterocycles. The fourth-order valence-electron chi connectivity index (χ4n) is 3.86. The van der Waals surface area contributed by atoms with Crippen LogP contribution in [0.15, 0.2) is 78.5 Å². The maximum absolute atomic E-state index is 12.3. The topological polar surface area (TPSA) is 54.4 Å². The van der Waals surface area contributed by atoms with E-state index in [4.69, 9.17) is 11.6 Å². The van der Waals surface area contributed by atoms with Gasteiger partial charge in [0.1, 0.15) is 0 Å². The minimum atomic E-state index is -1.03. The Morgan fingerprint density at radius 1 is 1.23 bits per heavy atom. The largest absolute Gasteiger partial charge is 0.349 e. The first-order valence-electron chi connectivity index (χ1n) is 10.4. The first kappa shape index (κ1) is 21.0. The first-order valence-corrected chi connectivity index (χ1v) is 10.8. The highest BCUT2D eigenvalue weighted by Crippen LogP contribution is 2.42. The summed E-state index contributed by atoms with van der Waals surface area (Å²) in [4.78, 5) is 20.5. The van der Waals surface area contributed by atoms with Crippen LogP contribution in [-0.4, -0.2) is 23.7 Å². The van der Waals surface area contributed by atoms with Crippen LogP contribution < -0.4 is 5.32 Å². The molecule has 2 aromatic carbocycles. The van der Waals surface area contributed by atoms with Crippen LogP contribution in [0.4, 0.5) is 0 Å². The van der Waals surface area contributed by atoms with Crippen LogP contribution in [0.3, 0.4) is 0 Å². The van der Waals surface area contributed by atoms with Crippen LogP contribution in [0, 0.1) is 0 Å². The fourth-order valence-corrected chi connectivity index (χ4v) is 4.18. The van der Waals surface area contributed by atoms with Crippen LogP contribution in [0.5, 0.6) is 0 Å². The standard InChI is InChI=1S/C26H24ClN3O/c1-3-8-18-9-5-6-11-22(18)21-15-26(27,30-17-21)23-12-7-10-19-14-20(16-29-24(19)23)25(31)28-13-4-2/h4-7,9-12,14-17H,2-3,8,13H2,1H3,(H,28,31). The van der Waals surface area contributed by atoms with Crippen molar-refractivity contribution in [2.24, 2.45) is 4.99 Å². The number of hydrogen-bond donors (Lipinski definition) is 1. The number of pyridine rings is 1. The summed E-state index contributed by atoms with van der Waals surface area (Å²) >= 11 is 7.02. The number of aliphatic imine (C=N–C) groups is 1. The number of nitrogens with zero attached hydrogens (tertiary/aromatic N) is 2. The van der Waals surface area contributed by atoms with Gasteiger partial charge in [-0.2, -0.15) is 0 Å². The molecule has 2 heterocycles. The molecule has 5 heteroatoms. The molecule has 0 saturated carbocycles. The van der Waals surface area contributed by atoms with Crippen molar-refractivity contribution in [3.8, 4) is 0 Å². The number of nitrogens with one attached hydrogen (secondary N) is 1. The summed E-state index contributed by atoms with van der Waals surface area (Å²) in [7, 11) is 0. The lowest BCUT2D eigenvalue weighted by atomic mass is 9.95. The molecule has 1 N–H and O–H groups in total. The van der Waals surface area contributed by atoms with E-state index < -0.39 is 5.00 Å². The average Bonchev–Trinajstić information content (AvgIpc) is 3.20. The Bertz CT molecular complexity index is 1210. The smallest absolute Gasteiger partial charge is 0.253 e. The number of rotatable bonds is 7. The van der Waals surface area contributed by atoms with Gasteiger partial charge in [0, 0.05) is 29.9 Å². The average molecular weight is 430 g/mol. The number of aryl methyl sites for hydroxylation is 1. The summed E-state index contributed by atoms with van der Waals surface area (Å²) in [6.07, 6.45) is 9.13. The molecule has 1 unspecified atom stereocenters. The van der Waals surface area contributed by atoms with Crippen LogP contribution in [0.1, 0.15) is 40.4 Å². The number of halogens is 1. The number of amides is 1. The Morgan fingerprint density at radius 2 is 2.06 bits per heavy atom. The maximum atomic E-state index is 12.3. The zero-order valence-corrected chi connectivity index (χ0v) is 18.2. The molecule has 0 bridgehead atoms. The molecule has 1 atom stereocenters. The molecule has 1 aliphatic heterocycles. The third-order valence-corrected chi connectivity index (χ3v) is 5.75. The number of benzene rings is 2. The SMILES string of the molecule is C=CCNC(=O)c1cnc2c(C3(Cl)C=C(c4ccccc4CCC)C=N3)cccc2c1. The van der Waals surface area contributed by atoms with Crippen LogP contribution in [0.25, 0.3) is 16.5 Å². The van der Waals surface area contributed by atoms with Crippen molar-refractivity contribution in [2.45, 2.75) is 24.8 Å². The number of fused-ring (bicyclic) bond motifs is 1. The summed E-state index contributed by atoms with van der Waals surface area (Å²) in [6.45, 7) is 6.20. The van der Waals surface area contributed by atoms with Gasteiger partial charge in [-0.3, -0.25) is 14.8 Å². The van der Waals surface area contributed by atoms with Gasteiger partial charge in [0.15, 0.2) is 5.00 Å². The van der Waals surface area contributed by atoms with Gasteiger partial charge in [-0.25, -0.2) is 0 Å². The molecule has 1 amide bonds. The molecule has 156 valence electrons. The number of para-hydroxylation sites is 1. The minimum absolute atomic E-state index is 0.186. The Morgan fingerprint density at radius 3 is 2.87 bits per heavy atom. The predicted octanol–water partition coefficient (Wildman–Crippen LogP) is 5.66. The van der Waals surface area contributed by atoms with Gasteiger partial charge in [-0.05, 0) is 35.3 Å². The van der Waals surface area contributed by atoms with Crippen molar-refractivity contribution in [1.82, 2.24) is 10.3 Å². The lowest BCUT2D eigenvalue weighted by molar-refractivity contribution is 0.0958. The van der Waals surface area contributed by atoms with E-state index in [1.165, 1.54) is 5.56 Å². The van der Waals surface area contributed by atoms with Crippen LogP contribution in [-0.2, 0) is 11.4 Å². The van der Waals surface area contributed by atoms with Gasteiger partial charge in [0.25, 0.3) is 5.91 Å². The maximum Gasteiger partial charge on any atom is 0.253 e. The Hall–Kier alpha value is -3.24. The Balaban J connectivity index is 1.73. The van der Waals surface area contributed by atoms with Gasteiger partial charge >= 0.3 is 0 Å². The monoisotopic (exact) mass is 429 g/mol. The van der Waals surface area contributed by atoms with Gasteiger partial charge < -0.3 is 5.32 Å². The highest BCUT2D eigenvalue weighted by molar-refractivity contribution is 6.30. The van der Waals surface area contributed by atoms with E-state index in [-0.39, 0.29) is 5.91 Å². The fraction of sp³-hybridized carbons (Fsp3) is 0.192. The molecule has 0 saturated heterocycles. The lowest BCUT2D eigenvalue weighted by Gasteiger charge is -2.18. The van der Waals surface area contributed by atoms with Gasteiger partial charge in [0.2, 0.25) is 0 Å². The summed E-state index contributed by atoms with van der Waals surface area (Å²) in [5, 5.41) is 3.61. The lowest BCUT2D eigenvalue weighted by Crippen LogP contribution is -2.23. The van der Waals surface area contributed by atoms with E-state index in [2.05, 4.69) is 47.0 Å². The van der Waals surface area contributed by atoms with Gasteiger partial charge in [-0.1, -0.05) is 73.5 Å². The molecular weight excluding hydrogens is 406 g/mol. The summed E-state index contributed by atoms with van der Waals surface area (Å²) < 4.78 is 0. The quantitative estimate of drug-likeness (QED) is 0.299. The van der Waals surface area contributed by atoms with Crippen molar-refractivity contribution in [3.63, 3.8) is 0 Å². The van der Waals surface area contributed by atoms with Gasteiger partial charge in [-0.15, -0.1) is 6.58 Å². The predicted molar refractivity (Wildman–Crippen MR) is 129 cm³/mol. The van der Waals surface area contributed by atoms with Crippen LogP contribution >= 0.6 is 11.6 Å². The second-order valence-electron chi connectivity index (χ2n) is 7.54. The molecule has 0 fully saturated rings. The molecule has 1 aliphatic rings. The number of carbonyl (C=O) groups is 1. The zero-order valence-electron chi connectivity index (χ0n) is 17.4. The molecular formula is C26H24ClN3O. The third kappa shape index (κ3) is 4.17. The second-order valence-corrected chi connectivity index (χ2v) is 8.11. The van der Waals surface area contributed by atoms with E-state index >= 15 is 0 Å². The van der Waals surface area contributed by atoms with Crippen molar-refractivity contribution < 1.29 is 4.79 Å². The summed E-state index contributed by atoms with van der Waals surface area (Å²) in [5.41, 5.74) is 5.48. The number of allylic oxidation sites excluding steroid dienone is 1. The molecule has 0 spiro atoms. The Labute approximate surface area is 187 Å². The van der Waals surface area contributed by atoms with E-state index in [9.17, 15) is 4.79 Å². The first-order chi connectivity index (χ1) is 15.1. The molecule has 4 rings (SSSR count). The number of hydrogen-bond acceptors (Lipinski definition) is 3. The zero-order chi connectivity index (χ0) is 21.8. The van der Waals surface area contributed by atoms with E-state index in [0.29, 0.717) is 12.1 Å². The normalized spacial score (nSPS) is 17.5. The van der Waals surface area contributed by atoms with E-state index in [1.54, 1.807) is 12.3 Å². The highest BCUT2D eigenvalue weighted by Gasteiger charge is 2.33. The highest BCUT2D eigenvalue weighted by atomic mass is 35.5. The van der Waals surface area contributed by atoms with Crippen molar-refractivity contribution in [2.75, 3.05) is 6.54 Å². The second kappa shape index (κ2) is 8.86. The molecule has 0 radical (unpaired) electrons. The molecule has 3 aromatic rings. The minimum Gasteiger partial charge on any atom is -0.349 e. The van der Waals surface area contributed by atoms with Gasteiger partial charge in [0.05, 0.1) is 11.1 Å². The number of alkyl halides is 1. The number of aromatic nitrogens is 1. The van der Waals surface area contributed by atoms with E-state index in [0.717, 1.165) is 40.4 Å². The van der Waals surface area contributed by atoms with Crippen molar-refractivity contribution in [1.29, 1.82) is 0 Å². The van der Waals surface area contributed by atoms with Crippen molar-refractivity contribution in [3.05, 3.63) is 95.7 Å². The van der Waals surface area contributed by atoms with Crippen molar-refractivity contribution >= 4 is 40.2 Å². The third-order valence-electron chi connectivity index (χ3n) is 5.34.